The lowest BCUT2D eigenvalue weighted by molar-refractivity contribution is -0.115. The van der Waals surface area contributed by atoms with Crippen molar-refractivity contribution < 1.29 is 13.6 Å². The van der Waals surface area contributed by atoms with Gasteiger partial charge in [0.1, 0.15) is 11.6 Å². The number of benzene rings is 1. The Bertz CT molecular complexity index is 1000. The van der Waals surface area contributed by atoms with Gasteiger partial charge in [-0.05, 0) is 45.4 Å². The number of hydrogen-bond acceptors (Lipinski definition) is 5. The molecule has 0 unspecified atom stereocenters. The van der Waals surface area contributed by atoms with Crippen LogP contribution in [0.1, 0.15) is 23.9 Å². The Morgan fingerprint density at radius 2 is 1.96 bits per heavy atom. The zero-order chi connectivity index (χ0) is 19.0. The van der Waals surface area contributed by atoms with Crippen molar-refractivity contribution >= 4 is 29.1 Å². The molecule has 0 fully saturated rings. The van der Waals surface area contributed by atoms with Crippen LogP contribution in [0.5, 0.6) is 0 Å². The van der Waals surface area contributed by atoms with Crippen molar-refractivity contribution in [3.8, 4) is 0 Å². The molecule has 1 amide bonds. The summed E-state index contributed by atoms with van der Waals surface area (Å²) in [4.78, 5) is 21.0. The molecular formula is C17H17F2N5OS. The molecule has 0 bridgehead atoms. The number of rotatable bonds is 4. The summed E-state index contributed by atoms with van der Waals surface area (Å²) in [5.41, 5.74) is 2.75. The number of nitrogens with one attached hydrogen (secondary N) is 1. The fourth-order valence-corrected chi connectivity index (χ4v) is 3.07. The maximum absolute atomic E-state index is 13.7. The van der Waals surface area contributed by atoms with E-state index >= 15 is 0 Å². The van der Waals surface area contributed by atoms with Crippen molar-refractivity contribution in [3.63, 3.8) is 0 Å². The molecule has 0 aliphatic carbocycles. The highest BCUT2D eigenvalue weighted by molar-refractivity contribution is 8.00. The van der Waals surface area contributed by atoms with Crippen molar-refractivity contribution in [1.29, 1.82) is 0 Å². The van der Waals surface area contributed by atoms with E-state index in [9.17, 15) is 13.6 Å². The molecule has 9 heteroatoms. The van der Waals surface area contributed by atoms with E-state index in [0.717, 1.165) is 40.8 Å². The lowest BCUT2D eigenvalue weighted by Crippen LogP contribution is -2.23. The average Bonchev–Trinajstić information content (AvgIpc) is 2.97. The molecule has 0 aliphatic rings. The number of aromatic nitrogens is 4. The van der Waals surface area contributed by atoms with E-state index in [1.54, 1.807) is 11.4 Å². The lowest BCUT2D eigenvalue weighted by atomic mass is 10.2. The monoisotopic (exact) mass is 377 g/mol. The van der Waals surface area contributed by atoms with Gasteiger partial charge in [-0.3, -0.25) is 4.79 Å². The summed E-state index contributed by atoms with van der Waals surface area (Å²) in [6.07, 6.45) is 0. The van der Waals surface area contributed by atoms with Gasteiger partial charge >= 0.3 is 0 Å². The number of aryl methyl sites for hydroxylation is 2. The molecule has 0 radical (unpaired) electrons. The van der Waals surface area contributed by atoms with Crippen molar-refractivity contribution in [2.45, 2.75) is 38.1 Å². The highest BCUT2D eigenvalue weighted by Crippen LogP contribution is 2.23. The second-order valence-electron chi connectivity index (χ2n) is 5.89. The summed E-state index contributed by atoms with van der Waals surface area (Å²) in [7, 11) is 0. The first-order valence-corrected chi connectivity index (χ1v) is 8.77. The minimum absolute atomic E-state index is 0.0735. The topological polar surface area (TPSA) is 72.2 Å². The summed E-state index contributed by atoms with van der Waals surface area (Å²) >= 11 is 1.13. The smallest absolute Gasteiger partial charge is 0.253 e. The van der Waals surface area contributed by atoms with Crippen molar-refractivity contribution in [2.75, 3.05) is 5.32 Å². The van der Waals surface area contributed by atoms with Gasteiger partial charge in [0, 0.05) is 17.5 Å². The molecule has 0 saturated carbocycles. The third kappa shape index (κ3) is 3.52. The summed E-state index contributed by atoms with van der Waals surface area (Å²) in [6, 6.07) is 2.98. The van der Waals surface area contributed by atoms with Gasteiger partial charge in [0.25, 0.3) is 5.78 Å². The maximum atomic E-state index is 13.7. The number of hydrogen-bond donors (Lipinski definition) is 1. The molecule has 3 rings (SSSR count). The summed E-state index contributed by atoms with van der Waals surface area (Å²) in [5.74, 6) is -1.50. The molecule has 0 saturated heterocycles. The van der Waals surface area contributed by atoms with Gasteiger partial charge < -0.3 is 5.32 Å². The highest BCUT2D eigenvalue weighted by Gasteiger charge is 2.20. The summed E-state index contributed by atoms with van der Waals surface area (Å²) in [5, 5.41) is 6.63. The molecule has 1 N–H and O–H groups in total. The van der Waals surface area contributed by atoms with E-state index in [-0.39, 0.29) is 5.69 Å². The van der Waals surface area contributed by atoms with Crippen LogP contribution in [0.3, 0.4) is 0 Å². The van der Waals surface area contributed by atoms with E-state index < -0.39 is 22.8 Å². The Labute approximate surface area is 153 Å². The van der Waals surface area contributed by atoms with Crippen LogP contribution < -0.4 is 5.32 Å². The average molecular weight is 377 g/mol. The first-order chi connectivity index (χ1) is 12.3. The Morgan fingerprint density at radius 1 is 1.23 bits per heavy atom. The van der Waals surface area contributed by atoms with Crippen LogP contribution in [0.25, 0.3) is 5.78 Å². The SMILES string of the molecule is Cc1nc2nc(S[C@@H](C)C(=O)Nc3ccc(F)cc3F)nn2c(C)c1C. The first-order valence-electron chi connectivity index (χ1n) is 7.89. The normalized spacial score (nSPS) is 12.4. The molecule has 1 atom stereocenters. The summed E-state index contributed by atoms with van der Waals surface area (Å²) in [6.45, 7) is 7.44. The van der Waals surface area contributed by atoms with Crippen LogP contribution in [0.2, 0.25) is 0 Å². The quantitative estimate of drug-likeness (QED) is 0.705. The molecular weight excluding hydrogens is 360 g/mol. The van der Waals surface area contributed by atoms with Crippen LogP contribution in [-0.4, -0.2) is 30.7 Å². The highest BCUT2D eigenvalue weighted by atomic mass is 32.2. The van der Waals surface area contributed by atoms with Crippen LogP contribution in [0.15, 0.2) is 23.4 Å². The predicted molar refractivity (Wildman–Crippen MR) is 95.3 cm³/mol. The van der Waals surface area contributed by atoms with Crippen molar-refractivity contribution in [1.82, 2.24) is 19.6 Å². The van der Waals surface area contributed by atoms with Gasteiger partial charge in [0.15, 0.2) is 0 Å². The third-order valence-electron chi connectivity index (χ3n) is 4.08. The number of carbonyl (C=O) groups is 1. The van der Waals surface area contributed by atoms with Gasteiger partial charge in [-0.15, -0.1) is 5.10 Å². The number of anilines is 1. The predicted octanol–water partition coefficient (Wildman–Crippen LogP) is 3.45. The Kier molecular flexibility index (Phi) is 4.90. The Morgan fingerprint density at radius 3 is 2.65 bits per heavy atom. The zero-order valence-electron chi connectivity index (χ0n) is 14.7. The first kappa shape index (κ1) is 18.2. The van der Waals surface area contributed by atoms with Crippen LogP contribution in [0.4, 0.5) is 14.5 Å². The second-order valence-corrected chi connectivity index (χ2v) is 7.20. The standard InChI is InChI=1S/C17H17F2N5OS/c1-8-9(2)20-16-22-17(23-24(16)10(8)3)26-11(4)15(25)21-14-6-5-12(18)7-13(14)19/h5-7,11H,1-4H3,(H,21,25)/t11-/m0/s1. The Balaban J connectivity index is 1.77. The molecule has 0 spiro atoms. The lowest BCUT2D eigenvalue weighted by Gasteiger charge is -2.10. The summed E-state index contributed by atoms with van der Waals surface area (Å²) < 4.78 is 28.2. The molecule has 1 aromatic carbocycles. The molecule has 2 heterocycles. The maximum Gasteiger partial charge on any atom is 0.253 e. The number of thioether (sulfide) groups is 1. The molecule has 0 aliphatic heterocycles. The van der Waals surface area contributed by atoms with Crippen molar-refractivity contribution in [2.24, 2.45) is 0 Å². The van der Waals surface area contributed by atoms with Crippen LogP contribution in [-0.2, 0) is 4.79 Å². The minimum atomic E-state index is -0.827. The fraction of sp³-hybridized carbons (Fsp3) is 0.294. The Hall–Kier alpha value is -2.55. The van der Waals surface area contributed by atoms with E-state index in [0.29, 0.717) is 10.9 Å². The molecule has 2 aromatic heterocycles. The van der Waals surface area contributed by atoms with E-state index in [4.69, 9.17) is 0 Å². The van der Waals surface area contributed by atoms with Gasteiger partial charge in [-0.25, -0.2) is 18.3 Å². The minimum Gasteiger partial charge on any atom is -0.323 e. The van der Waals surface area contributed by atoms with Gasteiger partial charge in [0.05, 0.1) is 10.9 Å². The van der Waals surface area contributed by atoms with E-state index in [1.807, 2.05) is 20.8 Å². The molecule has 136 valence electrons. The molecule has 6 nitrogen and oxygen atoms in total. The number of halogens is 2. The van der Waals surface area contributed by atoms with Crippen LogP contribution in [0, 0.1) is 32.4 Å². The van der Waals surface area contributed by atoms with Crippen molar-refractivity contribution in [3.05, 3.63) is 46.8 Å². The largest absolute Gasteiger partial charge is 0.323 e. The zero-order valence-corrected chi connectivity index (χ0v) is 15.5. The van der Waals surface area contributed by atoms with Gasteiger partial charge in [0.2, 0.25) is 11.1 Å². The number of carbonyl (C=O) groups excluding carboxylic acids is 1. The fourth-order valence-electron chi connectivity index (χ4n) is 2.32. The van der Waals surface area contributed by atoms with Gasteiger partial charge in [-0.1, -0.05) is 11.8 Å². The van der Waals surface area contributed by atoms with Crippen LogP contribution >= 0.6 is 11.8 Å². The second kappa shape index (κ2) is 6.99. The number of amides is 1. The molecule has 3 aromatic rings. The van der Waals surface area contributed by atoms with E-state index in [1.165, 1.54) is 6.07 Å². The number of nitrogens with zero attached hydrogens (tertiary/aromatic N) is 4. The third-order valence-corrected chi connectivity index (χ3v) is 5.03. The molecule has 26 heavy (non-hydrogen) atoms. The van der Waals surface area contributed by atoms with E-state index in [2.05, 4.69) is 20.4 Å². The van der Waals surface area contributed by atoms with Gasteiger partial charge in [-0.2, -0.15) is 4.98 Å². The number of fused-ring (bicyclic) bond motifs is 1.